The van der Waals surface area contributed by atoms with E-state index in [0.29, 0.717) is 5.02 Å². The first-order valence-electron chi connectivity index (χ1n) is 3.22. The maximum atomic E-state index is 9.27. The number of aromatic hydroxyl groups is 1. The van der Waals surface area contributed by atoms with Crippen molar-refractivity contribution in [2.45, 2.75) is 13.3 Å². The van der Waals surface area contributed by atoms with Crippen molar-refractivity contribution in [3.05, 3.63) is 28.8 Å². The lowest BCUT2D eigenvalue weighted by Gasteiger charge is -2.00. The molecule has 0 radical (unpaired) electrons. The molecule has 0 saturated carbocycles. The third-order valence-corrected chi connectivity index (χ3v) is 1.76. The summed E-state index contributed by atoms with van der Waals surface area (Å²) in [4.78, 5) is 0. The van der Waals surface area contributed by atoms with Crippen molar-refractivity contribution >= 4 is 11.6 Å². The molecule has 10 heavy (non-hydrogen) atoms. The number of hydrogen-bond donors (Lipinski definition) is 1. The Kier molecular flexibility index (Phi) is 2.17. The van der Waals surface area contributed by atoms with Crippen molar-refractivity contribution in [1.29, 1.82) is 0 Å². The Balaban J connectivity index is 3.14. The highest BCUT2D eigenvalue weighted by Gasteiger charge is 2.00. The average molecular weight is 157 g/mol. The van der Waals surface area contributed by atoms with Crippen LogP contribution in [0.1, 0.15) is 12.5 Å². The molecule has 0 heterocycles. The molecule has 0 unspecified atom stereocenters. The van der Waals surface area contributed by atoms with Crippen molar-refractivity contribution in [1.82, 2.24) is 0 Å². The maximum Gasteiger partial charge on any atom is 0.137 e. The fourth-order valence-corrected chi connectivity index (χ4v) is 1.04. The van der Waals surface area contributed by atoms with Gasteiger partial charge in [-0.1, -0.05) is 30.7 Å². The van der Waals surface area contributed by atoms with E-state index in [9.17, 15) is 5.11 Å². The zero-order valence-electron chi connectivity index (χ0n) is 5.76. The molecule has 1 aromatic rings. The molecule has 0 spiro atoms. The highest BCUT2D eigenvalue weighted by Crippen LogP contribution is 2.26. The fourth-order valence-electron chi connectivity index (χ4n) is 0.845. The number of benzene rings is 1. The van der Waals surface area contributed by atoms with E-state index in [2.05, 4.69) is 0 Å². The van der Waals surface area contributed by atoms with Gasteiger partial charge in [0.15, 0.2) is 0 Å². The van der Waals surface area contributed by atoms with Crippen molar-refractivity contribution in [2.75, 3.05) is 0 Å². The molecule has 1 aromatic carbocycles. The van der Waals surface area contributed by atoms with Crippen LogP contribution in [0.5, 0.6) is 5.75 Å². The second-order valence-corrected chi connectivity index (χ2v) is 2.51. The summed E-state index contributed by atoms with van der Waals surface area (Å²) in [6.07, 6.45) is 0.812. The van der Waals surface area contributed by atoms with Crippen LogP contribution in [0.15, 0.2) is 18.2 Å². The van der Waals surface area contributed by atoms with E-state index < -0.39 is 0 Å². The van der Waals surface area contributed by atoms with Gasteiger partial charge in [0.05, 0.1) is 5.02 Å². The summed E-state index contributed by atoms with van der Waals surface area (Å²) in [5.41, 5.74) is 0.896. The van der Waals surface area contributed by atoms with Crippen LogP contribution in [0, 0.1) is 0 Å². The van der Waals surface area contributed by atoms with Gasteiger partial charge in [0.2, 0.25) is 0 Å². The number of hydrogen-bond acceptors (Lipinski definition) is 1. The molecule has 0 aliphatic heterocycles. The molecule has 0 amide bonds. The highest BCUT2D eigenvalue weighted by molar-refractivity contribution is 6.32. The van der Waals surface area contributed by atoms with E-state index in [-0.39, 0.29) is 5.75 Å². The van der Waals surface area contributed by atoms with Crippen LogP contribution in [0.2, 0.25) is 5.02 Å². The molecule has 54 valence electrons. The van der Waals surface area contributed by atoms with Gasteiger partial charge in [-0.2, -0.15) is 0 Å². The van der Waals surface area contributed by atoms with Crippen molar-refractivity contribution < 1.29 is 5.11 Å². The molecule has 1 rings (SSSR count). The zero-order chi connectivity index (χ0) is 7.56. The summed E-state index contributed by atoms with van der Waals surface area (Å²) in [5, 5.41) is 9.70. The largest absolute Gasteiger partial charge is 0.506 e. The van der Waals surface area contributed by atoms with E-state index in [1.807, 2.05) is 19.1 Å². The molecule has 0 aromatic heterocycles. The number of rotatable bonds is 1. The Labute approximate surface area is 65.3 Å². The van der Waals surface area contributed by atoms with Crippen molar-refractivity contribution in [3.8, 4) is 5.75 Å². The molecule has 0 atom stereocenters. The van der Waals surface area contributed by atoms with E-state index >= 15 is 0 Å². The summed E-state index contributed by atoms with van der Waals surface area (Å²) in [5.74, 6) is 0.215. The van der Waals surface area contributed by atoms with Crippen LogP contribution in [0.4, 0.5) is 0 Å². The van der Waals surface area contributed by atoms with E-state index in [1.54, 1.807) is 6.07 Å². The Hall–Kier alpha value is -0.690. The van der Waals surface area contributed by atoms with Gasteiger partial charge >= 0.3 is 0 Å². The molecular formula is C8H9ClO. The van der Waals surface area contributed by atoms with Crippen LogP contribution in [0.3, 0.4) is 0 Å². The Bertz CT molecular complexity index is 233. The predicted molar refractivity (Wildman–Crippen MR) is 42.5 cm³/mol. The molecular weight excluding hydrogens is 148 g/mol. The Morgan fingerprint density at radius 1 is 1.50 bits per heavy atom. The summed E-state index contributed by atoms with van der Waals surface area (Å²) >= 11 is 5.64. The number of phenolic OH excluding ortho intramolecular Hbond substituents is 1. The minimum Gasteiger partial charge on any atom is -0.506 e. The maximum absolute atomic E-state index is 9.27. The van der Waals surface area contributed by atoms with Crippen molar-refractivity contribution in [2.24, 2.45) is 0 Å². The van der Waals surface area contributed by atoms with Gasteiger partial charge in [0.1, 0.15) is 5.75 Å². The lowest BCUT2D eigenvalue weighted by Crippen LogP contribution is -1.80. The summed E-state index contributed by atoms with van der Waals surface area (Å²) < 4.78 is 0. The van der Waals surface area contributed by atoms with Gasteiger partial charge in [-0.05, 0) is 18.1 Å². The SMILES string of the molecule is CCc1cccc(Cl)c1O. The van der Waals surface area contributed by atoms with Gasteiger partial charge in [-0.25, -0.2) is 0 Å². The van der Waals surface area contributed by atoms with Crippen LogP contribution in [-0.4, -0.2) is 5.11 Å². The average Bonchev–Trinajstić information content (AvgIpc) is 1.95. The molecule has 1 N–H and O–H groups in total. The van der Waals surface area contributed by atoms with Gasteiger partial charge in [0.25, 0.3) is 0 Å². The molecule has 0 saturated heterocycles. The summed E-state index contributed by atoms with van der Waals surface area (Å²) in [6, 6.07) is 5.37. The third kappa shape index (κ3) is 1.24. The zero-order valence-corrected chi connectivity index (χ0v) is 6.52. The van der Waals surface area contributed by atoms with E-state index in [0.717, 1.165) is 12.0 Å². The monoisotopic (exact) mass is 156 g/mol. The van der Waals surface area contributed by atoms with E-state index in [1.165, 1.54) is 0 Å². The quantitative estimate of drug-likeness (QED) is 0.663. The molecule has 2 heteroatoms. The van der Waals surface area contributed by atoms with Gasteiger partial charge in [-0.3, -0.25) is 0 Å². The molecule has 0 aliphatic rings. The smallest absolute Gasteiger partial charge is 0.137 e. The van der Waals surface area contributed by atoms with Crippen molar-refractivity contribution in [3.63, 3.8) is 0 Å². The predicted octanol–water partition coefficient (Wildman–Crippen LogP) is 2.61. The standard InChI is InChI=1S/C8H9ClO/c1-2-6-4-3-5-7(9)8(6)10/h3-5,10H,2H2,1H3. The molecule has 0 bridgehead atoms. The number of aryl methyl sites for hydroxylation is 1. The highest BCUT2D eigenvalue weighted by atomic mass is 35.5. The van der Waals surface area contributed by atoms with Crippen LogP contribution < -0.4 is 0 Å². The molecule has 0 fully saturated rings. The molecule has 0 aliphatic carbocycles. The van der Waals surface area contributed by atoms with Crippen LogP contribution in [-0.2, 0) is 6.42 Å². The van der Waals surface area contributed by atoms with E-state index in [4.69, 9.17) is 11.6 Å². The first-order valence-corrected chi connectivity index (χ1v) is 3.60. The Morgan fingerprint density at radius 3 is 2.70 bits per heavy atom. The van der Waals surface area contributed by atoms with Gasteiger partial charge in [0, 0.05) is 0 Å². The van der Waals surface area contributed by atoms with Gasteiger partial charge in [-0.15, -0.1) is 0 Å². The second kappa shape index (κ2) is 2.93. The molecule has 1 nitrogen and oxygen atoms in total. The summed E-state index contributed by atoms with van der Waals surface area (Å²) in [7, 11) is 0. The summed E-state index contributed by atoms with van der Waals surface area (Å²) in [6.45, 7) is 1.98. The van der Waals surface area contributed by atoms with Gasteiger partial charge < -0.3 is 5.11 Å². The van der Waals surface area contributed by atoms with Crippen LogP contribution in [0.25, 0.3) is 0 Å². The minimum absolute atomic E-state index is 0.215. The topological polar surface area (TPSA) is 20.2 Å². The third-order valence-electron chi connectivity index (χ3n) is 1.45. The normalized spacial score (nSPS) is 9.80. The lowest BCUT2D eigenvalue weighted by atomic mass is 10.1. The number of phenols is 1. The number of halogens is 1. The second-order valence-electron chi connectivity index (χ2n) is 2.10. The Morgan fingerprint density at radius 2 is 2.20 bits per heavy atom. The fraction of sp³-hybridized carbons (Fsp3) is 0.250. The lowest BCUT2D eigenvalue weighted by molar-refractivity contribution is 0.469. The van der Waals surface area contributed by atoms with Crippen LogP contribution >= 0.6 is 11.6 Å². The minimum atomic E-state index is 0.215. The first kappa shape index (κ1) is 7.42. The first-order chi connectivity index (χ1) is 4.75. The number of para-hydroxylation sites is 1.